The number of carbonyl (C=O) groups is 1. The predicted molar refractivity (Wildman–Crippen MR) is 62.8 cm³/mol. The van der Waals surface area contributed by atoms with Gasteiger partial charge in [0.25, 0.3) is 0 Å². The van der Waals surface area contributed by atoms with Crippen molar-refractivity contribution in [3.63, 3.8) is 0 Å². The van der Waals surface area contributed by atoms with Crippen LogP contribution in [0.4, 0.5) is 5.69 Å². The van der Waals surface area contributed by atoms with Crippen LogP contribution in [0, 0.1) is 6.92 Å². The maximum atomic E-state index is 11.2. The quantitative estimate of drug-likeness (QED) is 0.817. The lowest BCUT2D eigenvalue weighted by Gasteiger charge is -2.04. The SMILES string of the molecule is CC(=O)c1cccc(NCc2nnc(C)o2)c1. The van der Waals surface area contributed by atoms with Crippen LogP contribution in [0.25, 0.3) is 0 Å². The van der Waals surface area contributed by atoms with Crippen molar-refractivity contribution in [1.82, 2.24) is 10.2 Å². The molecule has 2 rings (SSSR count). The molecule has 0 saturated carbocycles. The molecule has 0 aliphatic carbocycles. The average molecular weight is 231 g/mol. The zero-order valence-corrected chi connectivity index (χ0v) is 9.73. The Hall–Kier alpha value is -2.17. The van der Waals surface area contributed by atoms with E-state index < -0.39 is 0 Å². The Morgan fingerprint density at radius 2 is 2.24 bits per heavy atom. The number of hydrogen-bond donors (Lipinski definition) is 1. The van der Waals surface area contributed by atoms with E-state index in [2.05, 4.69) is 15.5 Å². The van der Waals surface area contributed by atoms with Gasteiger partial charge < -0.3 is 9.73 Å². The summed E-state index contributed by atoms with van der Waals surface area (Å²) in [5.74, 6) is 1.11. The van der Waals surface area contributed by atoms with Crippen LogP contribution >= 0.6 is 0 Å². The molecule has 0 amide bonds. The first-order valence-electron chi connectivity index (χ1n) is 5.29. The van der Waals surface area contributed by atoms with E-state index in [0.717, 1.165) is 5.69 Å². The number of Topliss-reactive ketones (excluding diaryl/α,β-unsaturated/α-hetero) is 1. The molecule has 5 nitrogen and oxygen atoms in total. The molecule has 0 atom stereocenters. The van der Waals surface area contributed by atoms with Crippen LogP contribution in [0.1, 0.15) is 29.1 Å². The third kappa shape index (κ3) is 2.90. The molecular weight excluding hydrogens is 218 g/mol. The first-order valence-corrected chi connectivity index (χ1v) is 5.29. The minimum Gasteiger partial charge on any atom is -0.424 e. The molecule has 17 heavy (non-hydrogen) atoms. The molecule has 1 aromatic carbocycles. The van der Waals surface area contributed by atoms with Crippen LogP contribution in [0.15, 0.2) is 28.7 Å². The standard InChI is InChI=1S/C12H13N3O2/c1-8(16)10-4-3-5-11(6-10)13-7-12-15-14-9(2)17-12/h3-6,13H,7H2,1-2H3. The number of rotatable bonds is 4. The molecule has 0 saturated heterocycles. The predicted octanol–water partition coefficient (Wildman–Crippen LogP) is 2.19. The van der Waals surface area contributed by atoms with Gasteiger partial charge in [0.2, 0.25) is 11.8 Å². The van der Waals surface area contributed by atoms with Gasteiger partial charge in [0.15, 0.2) is 5.78 Å². The van der Waals surface area contributed by atoms with E-state index in [1.807, 2.05) is 12.1 Å². The molecule has 0 fully saturated rings. The lowest BCUT2D eigenvalue weighted by atomic mass is 10.1. The van der Waals surface area contributed by atoms with Crippen LogP contribution in [0.2, 0.25) is 0 Å². The molecule has 1 N–H and O–H groups in total. The van der Waals surface area contributed by atoms with Crippen molar-refractivity contribution in [3.8, 4) is 0 Å². The Morgan fingerprint density at radius 3 is 2.88 bits per heavy atom. The molecule has 88 valence electrons. The van der Waals surface area contributed by atoms with Gasteiger partial charge in [-0.15, -0.1) is 10.2 Å². The summed E-state index contributed by atoms with van der Waals surface area (Å²) in [7, 11) is 0. The van der Waals surface area contributed by atoms with Gasteiger partial charge >= 0.3 is 0 Å². The van der Waals surface area contributed by atoms with Crippen molar-refractivity contribution >= 4 is 11.5 Å². The van der Waals surface area contributed by atoms with Gasteiger partial charge in [0, 0.05) is 18.2 Å². The smallest absolute Gasteiger partial charge is 0.235 e. The van der Waals surface area contributed by atoms with Crippen molar-refractivity contribution in [2.75, 3.05) is 5.32 Å². The second-order valence-electron chi connectivity index (χ2n) is 3.71. The van der Waals surface area contributed by atoms with Crippen molar-refractivity contribution in [2.24, 2.45) is 0 Å². The van der Waals surface area contributed by atoms with Gasteiger partial charge in [-0.25, -0.2) is 0 Å². The molecule has 0 unspecified atom stereocenters. The Balaban J connectivity index is 2.04. The van der Waals surface area contributed by atoms with Gasteiger partial charge in [0.05, 0.1) is 6.54 Å². The maximum Gasteiger partial charge on any atom is 0.235 e. The number of nitrogens with one attached hydrogen (secondary N) is 1. The van der Waals surface area contributed by atoms with E-state index in [1.54, 1.807) is 26.0 Å². The summed E-state index contributed by atoms with van der Waals surface area (Å²) in [5, 5.41) is 10.7. The highest BCUT2D eigenvalue weighted by Crippen LogP contribution is 2.12. The lowest BCUT2D eigenvalue weighted by Crippen LogP contribution is -2.01. The van der Waals surface area contributed by atoms with Gasteiger partial charge in [-0.1, -0.05) is 12.1 Å². The van der Waals surface area contributed by atoms with Crippen molar-refractivity contribution in [3.05, 3.63) is 41.6 Å². The number of nitrogens with zero attached hydrogens (tertiary/aromatic N) is 2. The fraction of sp³-hybridized carbons (Fsp3) is 0.250. The highest BCUT2D eigenvalue weighted by molar-refractivity contribution is 5.94. The number of hydrogen-bond acceptors (Lipinski definition) is 5. The van der Waals surface area contributed by atoms with E-state index >= 15 is 0 Å². The summed E-state index contributed by atoms with van der Waals surface area (Å²) in [5.41, 5.74) is 1.53. The monoisotopic (exact) mass is 231 g/mol. The second-order valence-corrected chi connectivity index (χ2v) is 3.71. The van der Waals surface area contributed by atoms with Gasteiger partial charge in [-0.2, -0.15) is 0 Å². The Labute approximate surface area is 98.9 Å². The van der Waals surface area contributed by atoms with E-state index in [-0.39, 0.29) is 5.78 Å². The molecule has 0 aliphatic heterocycles. The second kappa shape index (κ2) is 4.78. The zero-order valence-electron chi connectivity index (χ0n) is 9.73. The molecule has 0 spiro atoms. The van der Waals surface area contributed by atoms with Crippen molar-refractivity contribution in [1.29, 1.82) is 0 Å². The third-order valence-corrected chi connectivity index (χ3v) is 2.28. The molecular formula is C12H13N3O2. The van der Waals surface area contributed by atoms with Gasteiger partial charge in [-0.3, -0.25) is 4.79 Å². The molecule has 5 heteroatoms. The molecule has 0 aliphatic rings. The summed E-state index contributed by atoms with van der Waals surface area (Å²) in [6.07, 6.45) is 0. The van der Waals surface area contributed by atoms with Crippen molar-refractivity contribution in [2.45, 2.75) is 20.4 Å². The average Bonchev–Trinajstić information content (AvgIpc) is 2.73. The first-order chi connectivity index (χ1) is 8.15. The Morgan fingerprint density at radius 1 is 1.41 bits per heavy atom. The normalized spacial score (nSPS) is 10.2. The lowest BCUT2D eigenvalue weighted by molar-refractivity contribution is 0.101. The van der Waals surface area contributed by atoms with Crippen LogP contribution in [-0.4, -0.2) is 16.0 Å². The number of aromatic nitrogens is 2. The van der Waals surface area contributed by atoms with Gasteiger partial charge in [0.1, 0.15) is 0 Å². The molecule has 0 bridgehead atoms. The fourth-order valence-electron chi connectivity index (χ4n) is 1.43. The minimum absolute atomic E-state index is 0.0438. The highest BCUT2D eigenvalue weighted by Gasteiger charge is 2.03. The number of anilines is 1. The largest absolute Gasteiger partial charge is 0.424 e. The fourth-order valence-corrected chi connectivity index (χ4v) is 1.43. The van der Waals surface area contributed by atoms with E-state index in [9.17, 15) is 4.79 Å². The summed E-state index contributed by atoms with van der Waals surface area (Å²) < 4.78 is 5.23. The van der Waals surface area contributed by atoms with Crippen molar-refractivity contribution < 1.29 is 9.21 Å². The van der Waals surface area contributed by atoms with Crippen LogP contribution < -0.4 is 5.32 Å². The summed E-state index contributed by atoms with van der Waals surface area (Å²) >= 11 is 0. The molecule has 1 aromatic heterocycles. The molecule has 2 aromatic rings. The number of aryl methyl sites for hydroxylation is 1. The number of carbonyl (C=O) groups excluding carboxylic acids is 1. The van der Waals surface area contributed by atoms with Gasteiger partial charge in [-0.05, 0) is 19.1 Å². The summed E-state index contributed by atoms with van der Waals surface area (Å²) in [6, 6.07) is 7.30. The Kier molecular flexibility index (Phi) is 3.18. The summed E-state index contributed by atoms with van der Waals surface area (Å²) in [6.45, 7) is 3.73. The zero-order chi connectivity index (χ0) is 12.3. The first kappa shape index (κ1) is 11.3. The number of ketones is 1. The van der Waals surface area contributed by atoms with Crippen LogP contribution in [0.5, 0.6) is 0 Å². The Bertz CT molecular complexity index is 534. The minimum atomic E-state index is 0.0438. The summed E-state index contributed by atoms with van der Waals surface area (Å²) in [4.78, 5) is 11.2. The number of benzene rings is 1. The van der Waals surface area contributed by atoms with E-state index in [1.165, 1.54) is 0 Å². The molecule has 1 heterocycles. The van der Waals surface area contributed by atoms with E-state index in [4.69, 9.17) is 4.42 Å². The third-order valence-electron chi connectivity index (χ3n) is 2.28. The molecule has 0 radical (unpaired) electrons. The van der Waals surface area contributed by atoms with Crippen LogP contribution in [0.3, 0.4) is 0 Å². The maximum absolute atomic E-state index is 11.2. The highest BCUT2D eigenvalue weighted by atomic mass is 16.4. The van der Waals surface area contributed by atoms with E-state index in [0.29, 0.717) is 23.9 Å². The topological polar surface area (TPSA) is 68.0 Å². The van der Waals surface area contributed by atoms with Crippen LogP contribution in [-0.2, 0) is 6.54 Å².